The van der Waals surface area contributed by atoms with Crippen LogP contribution >= 0.6 is 0 Å². The lowest BCUT2D eigenvalue weighted by Gasteiger charge is -2.44. The lowest BCUT2D eigenvalue weighted by Crippen LogP contribution is -2.37. The van der Waals surface area contributed by atoms with Crippen molar-refractivity contribution in [3.63, 3.8) is 0 Å². The van der Waals surface area contributed by atoms with Gasteiger partial charge in [0.05, 0.1) is 12.2 Å². The highest BCUT2D eigenvalue weighted by Gasteiger charge is 2.49. The molecule has 4 heteroatoms. The van der Waals surface area contributed by atoms with E-state index in [-0.39, 0.29) is 11.5 Å². The van der Waals surface area contributed by atoms with E-state index in [0.29, 0.717) is 11.8 Å². The molecule has 0 amide bonds. The van der Waals surface area contributed by atoms with Gasteiger partial charge in [-0.2, -0.15) is 0 Å². The fourth-order valence-corrected chi connectivity index (χ4v) is 7.05. The van der Waals surface area contributed by atoms with Gasteiger partial charge in [-0.25, -0.2) is 0 Å². The maximum Gasteiger partial charge on any atom is 0.0798 e. The first-order chi connectivity index (χ1) is 16.5. The van der Waals surface area contributed by atoms with Crippen LogP contribution in [0.25, 0.3) is 16.3 Å². The van der Waals surface area contributed by atoms with E-state index in [0.717, 1.165) is 44.9 Å². The third-order valence-corrected chi connectivity index (χ3v) is 8.63. The van der Waals surface area contributed by atoms with Crippen LogP contribution < -0.4 is 5.32 Å². The van der Waals surface area contributed by atoms with E-state index < -0.39 is 6.10 Å². The van der Waals surface area contributed by atoms with Crippen LogP contribution in [0.2, 0.25) is 0 Å². The summed E-state index contributed by atoms with van der Waals surface area (Å²) in [6, 6.07) is 8.61. The predicted octanol–water partition coefficient (Wildman–Crippen LogP) is 5.42. The van der Waals surface area contributed by atoms with Crippen molar-refractivity contribution in [3.8, 4) is 0 Å². The fraction of sp³-hybridized carbons (Fsp3) is 0.500. The molecule has 1 saturated carbocycles. The molecule has 0 aliphatic heterocycles. The highest BCUT2D eigenvalue weighted by Crippen LogP contribution is 2.60. The molecule has 34 heavy (non-hydrogen) atoms. The molecular weight excluding hydrogens is 420 g/mol. The lowest BCUT2D eigenvalue weighted by molar-refractivity contribution is 0.124. The summed E-state index contributed by atoms with van der Waals surface area (Å²) in [5.41, 5.74) is 6.61. The Balaban J connectivity index is 0.000000764. The molecule has 1 aromatic carbocycles. The Morgan fingerprint density at radius 2 is 1.91 bits per heavy atom. The van der Waals surface area contributed by atoms with Gasteiger partial charge in [-0.15, -0.1) is 0 Å². The molecule has 0 spiro atoms. The van der Waals surface area contributed by atoms with Gasteiger partial charge in [0, 0.05) is 23.2 Å². The zero-order valence-corrected chi connectivity index (χ0v) is 20.7. The number of benzene rings is 1. The number of fused-ring (bicyclic) bond motifs is 4. The second-order valence-corrected chi connectivity index (χ2v) is 10.8. The molecule has 5 atom stereocenters. The van der Waals surface area contributed by atoms with Crippen molar-refractivity contribution in [1.82, 2.24) is 10.3 Å². The smallest absolute Gasteiger partial charge is 0.0798 e. The van der Waals surface area contributed by atoms with E-state index in [9.17, 15) is 10.2 Å². The van der Waals surface area contributed by atoms with Gasteiger partial charge in [0.2, 0.25) is 0 Å². The number of pyridine rings is 1. The number of allylic oxidation sites excluding steroid dienone is 3. The molecule has 180 valence electrons. The van der Waals surface area contributed by atoms with Gasteiger partial charge in [-0.05, 0) is 99.0 Å². The zero-order valence-electron chi connectivity index (χ0n) is 20.7. The van der Waals surface area contributed by atoms with Gasteiger partial charge in [0.25, 0.3) is 0 Å². The number of aliphatic hydroxyl groups is 2. The van der Waals surface area contributed by atoms with Crippen molar-refractivity contribution in [2.45, 2.75) is 64.1 Å². The van der Waals surface area contributed by atoms with E-state index in [4.69, 9.17) is 0 Å². The van der Waals surface area contributed by atoms with Crippen LogP contribution in [-0.2, 0) is 0 Å². The van der Waals surface area contributed by atoms with Gasteiger partial charge in [-0.1, -0.05) is 48.4 Å². The zero-order chi connectivity index (χ0) is 23.9. The van der Waals surface area contributed by atoms with Crippen molar-refractivity contribution < 1.29 is 10.2 Å². The summed E-state index contributed by atoms with van der Waals surface area (Å²) in [5, 5.41) is 26.8. The molecule has 2 aromatic rings. The highest BCUT2D eigenvalue weighted by molar-refractivity contribution is 5.95. The van der Waals surface area contributed by atoms with E-state index in [2.05, 4.69) is 53.6 Å². The van der Waals surface area contributed by atoms with Crippen LogP contribution in [0.15, 0.2) is 65.5 Å². The predicted molar refractivity (Wildman–Crippen MR) is 139 cm³/mol. The fourth-order valence-electron chi connectivity index (χ4n) is 7.05. The Kier molecular flexibility index (Phi) is 6.49. The van der Waals surface area contributed by atoms with Gasteiger partial charge >= 0.3 is 0 Å². The first-order valence-electron chi connectivity index (χ1n) is 12.9. The first-order valence-corrected chi connectivity index (χ1v) is 12.9. The van der Waals surface area contributed by atoms with Gasteiger partial charge < -0.3 is 15.5 Å². The second kappa shape index (κ2) is 9.41. The minimum Gasteiger partial charge on any atom is -0.393 e. The number of hydrogen-bond donors (Lipinski definition) is 3. The molecule has 0 saturated heterocycles. The van der Waals surface area contributed by atoms with E-state index >= 15 is 0 Å². The number of nitrogens with one attached hydrogen (secondary N) is 1. The Hall–Kier alpha value is -2.27. The summed E-state index contributed by atoms with van der Waals surface area (Å²) >= 11 is 0. The number of nitrogens with zero attached hydrogens (tertiary/aromatic N) is 1. The lowest BCUT2D eigenvalue weighted by atomic mass is 9.61. The van der Waals surface area contributed by atoms with Crippen molar-refractivity contribution in [2.24, 2.45) is 17.3 Å². The molecule has 0 radical (unpaired) electrons. The molecule has 1 aromatic heterocycles. The Morgan fingerprint density at radius 1 is 1.09 bits per heavy atom. The average Bonchev–Trinajstić information content (AvgIpc) is 3.04. The van der Waals surface area contributed by atoms with E-state index in [1.807, 2.05) is 26.5 Å². The maximum atomic E-state index is 11.4. The Morgan fingerprint density at radius 3 is 2.74 bits per heavy atom. The summed E-state index contributed by atoms with van der Waals surface area (Å²) in [6.45, 7) is 2.37. The molecule has 5 unspecified atom stereocenters. The molecule has 4 aliphatic carbocycles. The monoisotopic (exact) mass is 458 g/mol. The summed E-state index contributed by atoms with van der Waals surface area (Å²) in [7, 11) is 3.75. The highest BCUT2D eigenvalue weighted by atomic mass is 16.3. The van der Waals surface area contributed by atoms with Crippen LogP contribution in [0.5, 0.6) is 0 Å². The summed E-state index contributed by atoms with van der Waals surface area (Å²) in [4.78, 5) is 4.40. The Labute approximate surface area is 203 Å². The van der Waals surface area contributed by atoms with Crippen LogP contribution in [0.1, 0.15) is 57.4 Å². The van der Waals surface area contributed by atoms with Crippen molar-refractivity contribution in [1.29, 1.82) is 0 Å². The normalized spacial score (nSPS) is 32.5. The van der Waals surface area contributed by atoms with Crippen molar-refractivity contribution in [2.75, 3.05) is 14.1 Å². The van der Waals surface area contributed by atoms with Crippen LogP contribution in [0.4, 0.5) is 0 Å². The molecule has 4 nitrogen and oxygen atoms in total. The van der Waals surface area contributed by atoms with Crippen LogP contribution in [-0.4, -0.2) is 41.5 Å². The molecule has 1 fully saturated rings. The van der Waals surface area contributed by atoms with Crippen LogP contribution in [0, 0.1) is 17.3 Å². The summed E-state index contributed by atoms with van der Waals surface area (Å²) in [5.74, 6) is 1.03. The molecule has 4 aliphatic rings. The largest absolute Gasteiger partial charge is 0.393 e. The van der Waals surface area contributed by atoms with Gasteiger partial charge in [0.15, 0.2) is 0 Å². The van der Waals surface area contributed by atoms with Crippen molar-refractivity contribution >= 4 is 16.3 Å². The number of aromatic nitrogens is 1. The van der Waals surface area contributed by atoms with E-state index in [1.54, 1.807) is 0 Å². The third-order valence-electron chi connectivity index (χ3n) is 8.63. The minimum atomic E-state index is -0.434. The second-order valence-electron chi connectivity index (χ2n) is 10.8. The van der Waals surface area contributed by atoms with Crippen LogP contribution in [0.3, 0.4) is 0 Å². The number of rotatable bonds is 1. The SMILES string of the molecule is CC12CC(O)C3=C(CCC4CCC(O)CC4=C3)C1CC=C2c1cccc2ccncc12.CNC. The molecule has 3 N–H and O–H groups in total. The Bertz CT molecular complexity index is 1160. The standard InChI is InChI=1S/C28H31NO2.C2H7N/c1-28-15-27(31)23-14-19-13-20(30)7-5-17(19)6-8-22(23)26(28)10-9-25(28)21-4-2-3-18-11-12-29-16-24(18)21;1-3-2/h2-4,9,11-12,14,16-17,20,26-27,30-31H,5-8,10,13,15H2,1H3;3H,1-2H3. The van der Waals surface area contributed by atoms with Crippen molar-refractivity contribution in [3.05, 3.63) is 71.1 Å². The minimum absolute atomic E-state index is 0.0596. The molecule has 1 heterocycles. The molecular formula is C30H38N2O2. The molecule has 6 rings (SSSR count). The summed E-state index contributed by atoms with van der Waals surface area (Å²) in [6.07, 6.45) is 14.7. The third kappa shape index (κ3) is 3.96. The number of hydrogen-bond acceptors (Lipinski definition) is 4. The quantitative estimate of drug-likeness (QED) is 0.534. The number of aliphatic hydroxyl groups excluding tert-OH is 2. The van der Waals surface area contributed by atoms with Gasteiger partial charge in [-0.3, -0.25) is 4.98 Å². The molecule has 0 bridgehead atoms. The topological polar surface area (TPSA) is 65.4 Å². The van der Waals surface area contributed by atoms with Gasteiger partial charge in [0.1, 0.15) is 0 Å². The summed E-state index contributed by atoms with van der Waals surface area (Å²) < 4.78 is 0. The average molecular weight is 459 g/mol. The maximum absolute atomic E-state index is 11.4. The van der Waals surface area contributed by atoms with E-state index in [1.165, 1.54) is 38.6 Å². The first kappa shape index (κ1) is 23.5.